The van der Waals surface area contributed by atoms with Gasteiger partial charge in [-0.25, -0.2) is 0 Å². The average molecular weight is 612 g/mol. The molecule has 0 heterocycles. The Morgan fingerprint density at radius 3 is 1.24 bits per heavy atom. The fourth-order valence-corrected chi connectivity index (χ4v) is 2.96. The number of carboxylic acids is 2. The van der Waals surface area contributed by atoms with Gasteiger partial charge in [0.15, 0.2) is 0 Å². The fourth-order valence-electron chi connectivity index (χ4n) is 2.96. The van der Waals surface area contributed by atoms with E-state index in [2.05, 4.69) is 5.32 Å². The van der Waals surface area contributed by atoms with Crippen molar-refractivity contribution < 1.29 is 67.3 Å². The van der Waals surface area contributed by atoms with Gasteiger partial charge in [0.05, 0.1) is 92.3 Å². The Hall–Kier alpha value is -2.40. The SMILES string of the molecule is O=C(O)CCCCC(=O)OCCOCCOCCOCCOCCOCCOCCOCCCNC(=O)CCC(=O)O. The number of ether oxygens (including phenoxy) is 8. The summed E-state index contributed by atoms with van der Waals surface area (Å²) in [6, 6.07) is 0. The van der Waals surface area contributed by atoms with Crippen molar-refractivity contribution in [1.82, 2.24) is 5.32 Å². The zero-order valence-corrected chi connectivity index (χ0v) is 24.6. The van der Waals surface area contributed by atoms with Crippen LogP contribution in [0, 0.1) is 0 Å². The van der Waals surface area contributed by atoms with Gasteiger partial charge >= 0.3 is 17.9 Å². The van der Waals surface area contributed by atoms with Crippen LogP contribution in [0.2, 0.25) is 0 Å². The Labute approximate surface area is 247 Å². The van der Waals surface area contributed by atoms with Crippen LogP contribution >= 0.6 is 0 Å². The van der Waals surface area contributed by atoms with Crippen molar-refractivity contribution in [2.24, 2.45) is 0 Å². The normalized spacial score (nSPS) is 11.0. The summed E-state index contributed by atoms with van der Waals surface area (Å²) in [4.78, 5) is 43.5. The number of carbonyl (C=O) groups is 4. The second-order valence-corrected chi connectivity index (χ2v) is 8.71. The van der Waals surface area contributed by atoms with Crippen molar-refractivity contribution in [3.63, 3.8) is 0 Å². The molecule has 42 heavy (non-hydrogen) atoms. The van der Waals surface area contributed by atoms with Crippen LogP contribution < -0.4 is 5.32 Å². The number of hydrogen-bond acceptors (Lipinski definition) is 12. The molecular weight excluding hydrogens is 562 g/mol. The smallest absolute Gasteiger partial charge is 0.305 e. The van der Waals surface area contributed by atoms with E-state index in [0.29, 0.717) is 112 Å². The minimum atomic E-state index is -0.990. The number of carboxylic acid groups (broad SMARTS) is 2. The van der Waals surface area contributed by atoms with E-state index in [1.807, 2.05) is 0 Å². The van der Waals surface area contributed by atoms with Crippen LogP contribution in [0.4, 0.5) is 0 Å². The van der Waals surface area contributed by atoms with Crippen molar-refractivity contribution in [1.29, 1.82) is 0 Å². The van der Waals surface area contributed by atoms with Crippen molar-refractivity contribution in [3.8, 4) is 0 Å². The molecule has 0 fully saturated rings. The summed E-state index contributed by atoms with van der Waals surface area (Å²) in [7, 11) is 0. The summed E-state index contributed by atoms with van der Waals surface area (Å²) in [5.74, 6) is -2.49. The second kappa shape index (κ2) is 31.5. The van der Waals surface area contributed by atoms with Crippen LogP contribution in [0.3, 0.4) is 0 Å². The van der Waals surface area contributed by atoms with Gasteiger partial charge in [0.25, 0.3) is 0 Å². The van der Waals surface area contributed by atoms with E-state index >= 15 is 0 Å². The third-order valence-electron chi connectivity index (χ3n) is 5.10. The predicted molar refractivity (Wildman–Crippen MR) is 147 cm³/mol. The molecule has 15 nitrogen and oxygen atoms in total. The van der Waals surface area contributed by atoms with E-state index < -0.39 is 11.9 Å². The minimum Gasteiger partial charge on any atom is -0.481 e. The third kappa shape index (κ3) is 33.8. The van der Waals surface area contributed by atoms with Crippen molar-refractivity contribution in [3.05, 3.63) is 0 Å². The quantitative estimate of drug-likeness (QED) is 0.0692. The molecule has 0 bridgehead atoms. The predicted octanol–water partition coefficient (Wildman–Crippen LogP) is 0.662. The molecule has 0 aromatic rings. The lowest BCUT2D eigenvalue weighted by Crippen LogP contribution is -2.25. The van der Waals surface area contributed by atoms with Crippen molar-refractivity contribution in [2.75, 3.05) is 106 Å². The maximum atomic E-state index is 11.4. The van der Waals surface area contributed by atoms with Crippen molar-refractivity contribution >= 4 is 23.8 Å². The summed E-state index contributed by atoms with van der Waals surface area (Å²) in [5.41, 5.74) is 0. The molecule has 0 spiro atoms. The van der Waals surface area contributed by atoms with Crippen LogP contribution in [0.25, 0.3) is 0 Å². The molecule has 1 amide bonds. The number of aliphatic carboxylic acids is 2. The molecular formula is C27H49NO14. The Morgan fingerprint density at radius 2 is 0.810 bits per heavy atom. The number of amides is 1. The topological polar surface area (TPSA) is 195 Å². The van der Waals surface area contributed by atoms with Gasteiger partial charge in [-0.15, -0.1) is 0 Å². The lowest BCUT2D eigenvalue weighted by atomic mass is 10.2. The van der Waals surface area contributed by atoms with Crippen LogP contribution in [0.15, 0.2) is 0 Å². The maximum absolute atomic E-state index is 11.4. The molecule has 0 saturated carbocycles. The molecule has 0 aliphatic carbocycles. The van der Waals surface area contributed by atoms with Crippen LogP contribution in [0.1, 0.15) is 44.9 Å². The first-order valence-electron chi connectivity index (χ1n) is 14.3. The lowest BCUT2D eigenvalue weighted by molar-refractivity contribution is -0.146. The standard InChI is InChI=1S/C27H49NO14/c29-24(6-7-26(32)33)28-8-3-9-35-10-11-36-12-13-37-14-15-38-16-17-39-18-19-40-20-21-41-22-23-42-27(34)5-2-1-4-25(30)31/h1-23H2,(H,28,29)(H,30,31)(H,32,33). The first kappa shape index (κ1) is 39.6. The van der Waals surface area contributed by atoms with Gasteiger partial charge < -0.3 is 53.4 Å². The van der Waals surface area contributed by atoms with Crippen LogP contribution in [-0.4, -0.2) is 140 Å². The summed E-state index contributed by atoms with van der Waals surface area (Å²) >= 11 is 0. The largest absolute Gasteiger partial charge is 0.481 e. The van der Waals surface area contributed by atoms with Crippen LogP contribution in [-0.2, 0) is 57.1 Å². The lowest BCUT2D eigenvalue weighted by Gasteiger charge is -2.09. The number of unbranched alkanes of at least 4 members (excludes halogenated alkanes) is 1. The van der Waals surface area contributed by atoms with Gasteiger partial charge in [0.1, 0.15) is 6.61 Å². The summed E-state index contributed by atoms with van der Waals surface area (Å²) in [6.45, 7) is 6.56. The van der Waals surface area contributed by atoms with Crippen LogP contribution in [0.5, 0.6) is 0 Å². The fraction of sp³-hybridized carbons (Fsp3) is 0.852. The highest BCUT2D eigenvalue weighted by molar-refractivity contribution is 5.80. The summed E-state index contributed by atoms with van der Waals surface area (Å²) in [6.07, 6.45) is 1.66. The first-order valence-corrected chi connectivity index (χ1v) is 14.3. The molecule has 15 heteroatoms. The molecule has 0 rings (SSSR count). The molecule has 0 radical (unpaired) electrons. The molecule has 0 aromatic carbocycles. The molecule has 246 valence electrons. The summed E-state index contributed by atoms with van der Waals surface area (Å²) in [5, 5.41) is 19.7. The minimum absolute atomic E-state index is 0.0179. The Bertz CT molecular complexity index is 679. The molecule has 0 aromatic heterocycles. The van der Waals surface area contributed by atoms with Gasteiger partial charge in [-0.2, -0.15) is 0 Å². The third-order valence-corrected chi connectivity index (χ3v) is 5.10. The average Bonchev–Trinajstić information content (AvgIpc) is 2.96. The summed E-state index contributed by atoms with van der Waals surface area (Å²) < 4.78 is 42.7. The Balaban J connectivity index is 3.15. The number of esters is 1. The van der Waals surface area contributed by atoms with E-state index in [1.54, 1.807) is 0 Å². The molecule has 0 saturated heterocycles. The molecule has 0 unspecified atom stereocenters. The highest BCUT2D eigenvalue weighted by Gasteiger charge is 2.05. The number of rotatable bonds is 33. The van der Waals surface area contributed by atoms with Gasteiger partial charge in [-0.3, -0.25) is 19.2 Å². The molecule has 0 aliphatic rings. The first-order chi connectivity index (χ1) is 20.4. The number of nitrogens with one attached hydrogen (secondary N) is 1. The van der Waals surface area contributed by atoms with Gasteiger partial charge in [0.2, 0.25) is 5.91 Å². The van der Waals surface area contributed by atoms with Crippen molar-refractivity contribution in [2.45, 2.75) is 44.9 Å². The number of carbonyl (C=O) groups excluding carboxylic acids is 2. The zero-order chi connectivity index (χ0) is 30.9. The Kier molecular flexibility index (Phi) is 29.7. The monoisotopic (exact) mass is 611 g/mol. The number of hydrogen-bond donors (Lipinski definition) is 3. The van der Waals surface area contributed by atoms with Gasteiger partial charge in [-0.05, 0) is 19.3 Å². The van der Waals surface area contributed by atoms with E-state index in [0.717, 1.165) is 0 Å². The highest BCUT2D eigenvalue weighted by Crippen LogP contribution is 2.01. The zero-order valence-electron chi connectivity index (χ0n) is 24.6. The van der Waals surface area contributed by atoms with E-state index in [-0.39, 0.29) is 50.8 Å². The van der Waals surface area contributed by atoms with E-state index in [4.69, 9.17) is 48.1 Å². The molecule has 0 aliphatic heterocycles. The van der Waals surface area contributed by atoms with E-state index in [9.17, 15) is 19.2 Å². The highest BCUT2D eigenvalue weighted by atomic mass is 16.6. The van der Waals surface area contributed by atoms with Gasteiger partial charge in [0, 0.05) is 32.4 Å². The van der Waals surface area contributed by atoms with E-state index in [1.165, 1.54) is 0 Å². The second-order valence-electron chi connectivity index (χ2n) is 8.71. The molecule has 3 N–H and O–H groups in total. The Morgan fingerprint density at radius 1 is 0.429 bits per heavy atom. The maximum Gasteiger partial charge on any atom is 0.305 e. The van der Waals surface area contributed by atoms with Gasteiger partial charge in [-0.1, -0.05) is 0 Å². The molecule has 0 atom stereocenters.